The Morgan fingerprint density at radius 1 is 0.806 bits per heavy atom. The Morgan fingerprint density at radius 2 is 1.42 bits per heavy atom. The van der Waals surface area contributed by atoms with Crippen LogP contribution in [0.25, 0.3) is 11.1 Å². The first kappa shape index (κ1) is 25.7. The lowest BCUT2D eigenvalue weighted by atomic mass is 9.66. The van der Waals surface area contributed by atoms with E-state index in [9.17, 15) is 4.79 Å². The van der Waals surface area contributed by atoms with Gasteiger partial charge in [0.25, 0.3) is 0 Å². The van der Waals surface area contributed by atoms with E-state index < -0.39 is 0 Å². The quantitative estimate of drug-likeness (QED) is 0.166. The molecule has 1 aliphatic rings. The molecule has 0 spiro atoms. The fourth-order valence-electron chi connectivity index (χ4n) is 5.56. The second-order valence-corrected chi connectivity index (χ2v) is 10.2. The summed E-state index contributed by atoms with van der Waals surface area (Å²) in [5.41, 5.74) is 4.91. The maximum absolute atomic E-state index is 12.8. The van der Waals surface area contributed by atoms with Crippen LogP contribution in [0, 0.1) is 11.3 Å². The smallest absolute Gasteiger partial charge is 0.343 e. The molecule has 3 heteroatoms. The van der Waals surface area contributed by atoms with E-state index in [0.29, 0.717) is 16.9 Å². The zero-order valence-electron chi connectivity index (χ0n) is 21.5. The summed E-state index contributed by atoms with van der Waals surface area (Å²) in [5.74, 6) is 0.197. The summed E-state index contributed by atoms with van der Waals surface area (Å²) < 4.78 is 5.66. The van der Waals surface area contributed by atoms with Crippen LogP contribution in [0.2, 0.25) is 0 Å². The summed E-state index contributed by atoms with van der Waals surface area (Å²) >= 11 is 0. The van der Waals surface area contributed by atoms with Crippen molar-refractivity contribution in [1.82, 2.24) is 0 Å². The topological polar surface area (TPSA) is 50.1 Å². The molecule has 0 atom stereocenters. The lowest BCUT2D eigenvalue weighted by Gasteiger charge is -2.38. The van der Waals surface area contributed by atoms with Crippen molar-refractivity contribution < 1.29 is 9.53 Å². The van der Waals surface area contributed by atoms with E-state index in [1.54, 1.807) is 12.1 Å². The number of hydrogen-bond donors (Lipinski definition) is 0. The number of unbranched alkanes of at least 4 members (excludes halogenated alkanes) is 4. The first-order valence-corrected chi connectivity index (χ1v) is 13.6. The van der Waals surface area contributed by atoms with Gasteiger partial charge in [-0.2, -0.15) is 5.26 Å². The van der Waals surface area contributed by atoms with Gasteiger partial charge in [-0.3, -0.25) is 0 Å². The van der Waals surface area contributed by atoms with E-state index >= 15 is 0 Å². The van der Waals surface area contributed by atoms with Gasteiger partial charge < -0.3 is 4.74 Å². The number of ether oxygens (including phenoxy) is 1. The van der Waals surface area contributed by atoms with Crippen molar-refractivity contribution in [3.05, 3.63) is 89.5 Å². The van der Waals surface area contributed by atoms with Crippen LogP contribution in [-0.2, 0) is 5.41 Å². The number of esters is 1. The highest BCUT2D eigenvalue weighted by Crippen LogP contribution is 2.43. The summed E-state index contributed by atoms with van der Waals surface area (Å²) in [7, 11) is 0. The molecule has 0 N–H and O–H groups in total. The lowest BCUT2D eigenvalue weighted by Crippen LogP contribution is -2.29. The molecule has 3 aromatic rings. The maximum Gasteiger partial charge on any atom is 0.343 e. The average molecular weight is 480 g/mol. The second kappa shape index (κ2) is 12.5. The van der Waals surface area contributed by atoms with E-state index in [0.717, 1.165) is 11.1 Å². The Labute approximate surface area is 216 Å². The van der Waals surface area contributed by atoms with Gasteiger partial charge in [0.1, 0.15) is 5.75 Å². The van der Waals surface area contributed by atoms with Crippen LogP contribution >= 0.6 is 0 Å². The third-order valence-electron chi connectivity index (χ3n) is 7.71. The van der Waals surface area contributed by atoms with Crippen molar-refractivity contribution >= 4 is 5.97 Å². The normalized spacial score (nSPS) is 14.7. The Kier molecular flexibility index (Phi) is 8.95. The van der Waals surface area contributed by atoms with Crippen LogP contribution in [0.15, 0.2) is 72.8 Å². The Bertz CT molecular complexity index is 1150. The molecule has 36 heavy (non-hydrogen) atoms. The van der Waals surface area contributed by atoms with Crippen molar-refractivity contribution in [3.63, 3.8) is 0 Å². The molecular formula is C33H37NO2. The predicted octanol–water partition coefficient (Wildman–Crippen LogP) is 9.01. The highest BCUT2D eigenvalue weighted by Gasteiger charge is 2.33. The lowest BCUT2D eigenvalue weighted by molar-refractivity contribution is 0.0734. The van der Waals surface area contributed by atoms with Gasteiger partial charge >= 0.3 is 5.97 Å². The summed E-state index contributed by atoms with van der Waals surface area (Å²) in [6, 6.07) is 25.3. The van der Waals surface area contributed by atoms with Gasteiger partial charge in [-0.05, 0) is 77.8 Å². The molecule has 3 nitrogen and oxygen atoms in total. The van der Waals surface area contributed by atoms with Gasteiger partial charge in [0, 0.05) is 0 Å². The zero-order chi connectivity index (χ0) is 25.2. The molecule has 186 valence electrons. The number of rotatable bonds is 10. The van der Waals surface area contributed by atoms with Gasteiger partial charge in [0.05, 0.1) is 17.2 Å². The highest BCUT2D eigenvalue weighted by molar-refractivity contribution is 5.91. The molecule has 3 aromatic carbocycles. The number of benzene rings is 3. The van der Waals surface area contributed by atoms with E-state index in [1.807, 2.05) is 48.5 Å². The molecule has 1 saturated carbocycles. The number of nitriles is 1. The fraction of sp³-hybridized carbons (Fsp3) is 0.394. The van der Waals surface area contributed by atoms with Crippen LogP contribution in [-0.4, -0.2) is 5.97 Å². The molecule has 4 rings (SSSR count). The van der Waals surface area contributed by atoms with Crippen molar-refractivity contribution in [1.29, 1.82) is 5.26 Å². The van der Waals surface area contributed by atoms with Crippen molar-refractivity contribution in [2.24, 2.45) is 0 Å². The molecule has 0 radical (unpaired) electrons. The molecule has 0 aromatic heterocycles. The summed E-state index contributed by atoms with van der Waals surface area (Å²) in [6.07, 6.45) is 14.3. The minimum atomic E-state index is -0.329. The van der Waals surface area contributed by atoms with E-state index in [-0.39, 0.29) is 11.4 Å². The van der Waals surface area contributed by atoms with Crippen molar-refractivity contribution in [3.8, 4) is 22.9 Å². The van der Waals surface area contributed by atoms with Crippen LogP contribution in [0.1, 0.15) is 99.0 Å². The molecule has 1 fully saturated rings. The molecular weight excluding hydrogens is 442 g/mol. The largest absolute Gasteiger partial charge is 0.423 e. The van der Waals surface area contributed by atoms with E-state index in [4.69, 9.17) is 10.00 Å². The third-order valence-corrected chi connectivity index (χ3v) is 7.71. The molecule has 0 unspecified atom stereocenters. The van der Waals surface area contributed by atoms with Gasteiger partial charge in [-0.25, -0.2) is 4.79 Å². The van der Waals surface area contributed by atoms with Crippen LogP contribution in [0.3, 0.4) is 0 Å². The van der Waals surface area contributed by atoms with Gasteiger partial charge in [0.15, 0.2) is 0 Å². The number of nitrogens with zero attached hydrogens (tertiary/aromatic N) is 1. The van der Waals surface area contributed by atoms with Crippen molar-refractivity contribution in [2.75, 3.05) is 0 Å². The minimum absolute atomic E-state index is 0.272. The Hall–Kier alpha value is -3.38. The first-order valence-electron chi connectivity index (χ1n) is 13.6. The van der Waals surface area contributed by atoms with Gasteiger partial charge in [-0.15, -0.1) is 0 Å². The average Bonchev–Trinajstić information content (AvgIpc) is 2.94. The summed E-state index contributed by atoms with van der Waals surface area (Å²) in [4.78, 5) is 12.8. The van der Waals surface area contributed by atoms with Crippen molar-refractivity contribution in [2.45, 2.75) is 83.0 Å². The number of hydrogen-bond acceptors (Lipinski definition) is 3. The number of carbonyl (C=O) groups is 1. The molecule has 0 aliphatic heterocycles. The Morgan fingerprint density at radius 3 is 2.03 bits per heavy atom. The predicted molar refractivity (Wildman–Crippen MR) is 146 cm³/mol. The maximum atomic E-state index is 12.8. The molecule has 0 amide bonds. The Balaban J connectivity index is 1.39. The monoisotopic (exact) mass is 479 g/mol. The van der Waals surface area contributed by atoms with Crippen LogP contribution < -0.4 is 4.74 Å². The van der Waals surface area contributed by atoms with Gasteiger partial charge in [-0.1, -0.05) is 94.7 Å². The molecule has 0 bridgehead atoms. The van der Waals surface area contributed by atoms with E-state index in [2.05, 4.69) is 25.1 Å². The SMILES string of the molecule is CCCCCCCC1(c2ccc(C(=O)Oc3ccc(-c4ccc(C#N)cc4)cc3)cc2)CCCCC1. The highest BCUT2D eigenvalue weighted by atomic mass is 16.5. The fourth-order valence-corrected chi connectivity index (χ4v) is 5.56. The van der Waals surface area contributed by atoms with Crippen LogP contribution in [0.5, 0.6) is 5.75 Å². The van der Waals surface area contributed by atoms with Crippen LogP contribution in [0.4, 0.5) is 0 Å². The summed E-state index contributed by atoms with van der Waals surface area (Å²) in [5, 5.41) is 8.97. The second-order valence-electron chi connectivity index (χ2n) is 10.2. The number of carbonyl (C=O) groups excluding carboxylic acids is 1. The zero-order valence-corrected chi connectivity index (χ0v) is 21.5. The molecule has 1 aliphatic carbocycles. The summed E-state index contributed by atoms with van der Waals surface area (Å²) in [6.45, 7) is 2.27. The first-order chi connectivity index (χ1) is 17.6. The van der Waals surface area contributed by atoms with E-state index in [1.165, 1.54) is 76.2 Å². The minimum Gasteiger partial charge on any atom is -0.423 e. The molecule has 0 saturated heterocycles. The standard InChI is InChI=1S/C33H37NO2/c1-2-3-4-5-7-22-33(23-8-6-9-24-33)30-18-14-29(15-19-30)32(35)36-31-20-16-28(17-21-31)27-12-10-26(25-34)11-13-27/h10-21H,2-9,22-24H2,1H3. The molecule has 0 heterocycles. The van der Waals surface area contributed by atoms with Gasteiger partial charge in [0.2, 0.25) is 0 Å². The third kappa shape index (κ3) is 6.43.